The highest BCUT2D eigenvalue weighted by Crippen LogP contribution is 2.31. The predicted octanol–water partition coefficient (Wildman–Crippen LogP) is 4.53. The molecule has 0 radical (unpaired) electrons. The van der Waals surface area contributed by atoms with Crippen LogP contribution in [0, 0.1) is 11.6 Å². The van der Waals surface area contributed by atoms with Crippen molar-refractivity contribution in [3.05, 3.63) is 64.7 Å². The number of carboxylic acid groups (broad SMARTS) is 1. The number of aromatic carboxylic acids is 1. The van der Waals surface area contributed by atoms with Gasteiger partial charge in [0.15, 0.2) is 5.82 Å². The number of nitrogens with zero attached hydrogens (tertiary/aromatic N) is 1. The van der Waals surface area contributed by atoms with E-state index in [1.165, 1.54) is 6.07 Å². The Morgan fingerprint density at radius 3 is 2.55 bits per heavy atom. The van der Waals surface area contributed by atoms with E-state index in [1.54, 1.807) is 24.3 Å². The van der Waals surface area contributed by atoms with Gasteiger partial charge >= 0.3 is 5.97 Å². The van der Waals surface area contributed by atoms with Crippen molar-refractivity contribution in [2.75, 3.05) is 0 Å². The number of benzene rings is 2. The molecule has 0 amide bonds. The lowest BCUT2D eigenvalue weighted by Gasteiger charge is -2.09. The standard InChI is InChI=1S/C16H8ClF2NO2/c17-12-4-2-1-3-9(12)14-7-11(16(21)22)10-5-8(18)6-13(19)15(10)20-14/h1-7H,(H,21,22). The smallest absolute Gasteiger partial charge is 0.336 e. The number of aromatic nitrogens is 1. The van der Waals surface area contributed by atoms with Crippen molar-refractivity contribution < 1.29 is 18.7 Å². The largest absolute Gasteiger partial charge is 0.478 e. The second-order valence-corrected chi connectivity index (χ2v) is 5.03. The lowest BCUT2D eigenvalue weighted by molar-refractivity contribution is 0.0699. The molecule has 3 aromatic rings. The summed E-state index contributed by atoms with van der Waals surface area (Å²) < 4.78 is 27.3. The third-order valence-corrected chi connectivity index (χ3v) is 3.54. The minimum absolute atomic E-state index is 0.0965. The summed E-state index contributed by atoms with van der Waals surface area (Å²) in [7, 11) is 0. The third-order valence-electron chi connectivity index (χ3n) is 3.21. The highest BCUT2D eigenvalue weighted by atomic mass is 35.5. The lowest BCUT2D eigenvalue weighted by atomic mass is 10.0. The summed E-state index contributed by atoms with van der Waals surface area (Å²) in [5.74, 6) is -3.09. The molecular formula is C16H8ClF2NO2. The Kier molecular flexibility index (Phi) is 3.50. The van der Waals surface area contributed by atoms with Crippen molar-refractivity contribution in [1.82, 2.24) is 4.98 Å². The molecule has 22 heavy (non-hydrogen) atoms. The van der Waals surface area contributed by atoms with Crippen LogP contribution in [0.2, 0.25) is 5.02 Å². The zero-order valence-electron chi connectivity index (χ0n) is 11.0. The molecule has 1 N–H and O–H groups in total. The van der Waals surface area contributed by atoms with Crippen LogP contribution >= 0.6 is 11.6 Å². The molecule has 110 valence electrons. The topological polar surface area (TPSA) is 50.2 Å². The first kappa shape index (κ1) is 14.4. The molecule has 0 unspecified atom stereocenters. The van der Waals surface area contributed by atoms with Crippen LogP contribution in [-0.4, -0.2) is 16.1 Å². The average molecular weight is 320 g/mol. The Bertz CT molecular complexity index is 912. The number of rotatable bonds is 2. The molecule has 3 rings (SSSR count). The second-order valence-electron chi connectivity index (χ2n) is 4.62. The van der Waals surface area contributed by atoms with Gasteiger partial charge in [0.05, 0.1) is 11.3 Å². The maximum Gasteiger partial charge on any atom is 0.336 e. The fourth-order valence-electron chi connectivity index (χ4n) is 2.24. The highest BCUT2D eigenvalue weighted by Gasteiger charge is 2.17. The van der Waals surface area contributed by atoms with Crippen LogP contribution in [0.4, 0.5) is 8.78 Å². The van der Waals surface area contributed by atoms with E-state index >= 15 is 0 Å². The fraction of sp³-hybridized carbons (Fsp3) is 0. The number of halogens is 3. The van der Waals surface area contributed by atoms with Gasteiger partial charge in [-0.05, 0) is 18.2 Å². The van der Waals surface area contributed by atoms with E-state index in [9.17, 15) is 18.7 Å². The molecule has 0 fully saturated rings. The summed E-state index contributed by atoms with van der Waals surface area (Å²) >= 11 is 6.07. The molecule has 1 aromatic heterocycles. The van der Waals surface area contributed by atoms with Gasteiger partial charge in [-0.25, -0.2) is 18.6 Å². The van der Waals surface area contributed by atoms with Crippen LogP contribution in [0.25, 0.3) is 22.2 Å². The number of carboxylic acids is 1. The maximum absolute atomic E-state index is 14.0. The molecule has 6 heteroatoms. The number of hydrogen-bond donors (Lipinski definition) is 1. The van der Waals surface area contributed by atoms with E-state index in [1.807, 2.05) is 0 Å². The van der Waals surface area contributed by atoms with Crippen LogP contribution < -0.4 is 0 Å². The van der Waals surface area contributed by atoms with Crippen LogP contribution in [0.1, 0.15) is 10.4 Å². The van der Waals surface area contributed by atoms with Gasteiger partial charge < -0.3 is 5.11 Å². The summed E-state index contributed by atoms with van der Waals surface area (Å²) in [6.07, 6.45) is 0. The zero-order valence-corrected chi connectivity index (χ0v) is 11.7. The monoisotopic (exact) mass is 319 g/mol. The molecule has 0 aliphatic rings. The van der Waals surface area contributed by atoms with Gasteiger partial charge in [0.2, 0.25) is 0 Å². The molecule has 0 aliphatic heterocycles. The van der Waals surface area contributed by atoms with E-state index in [4.69, 9.17) is 11.6 Å². The summed E-state index contributed by atoms with van der Waals surface area (Å²) in [6.45, 7) is 0. The Labute approximate surface area is 128 Å². The molecule has 0 aliphatic carbocycles. The van der Waals surface area contributed by atoms with E-state index in [2.05, 4.69) is 4.98 Å². The molecule has 3 nitrogen and oxygen atoms in total. The molecule has 0 bridgehead atoms. The molecule has 0 saturated carbocycles. The highest BCUT2D eigenvalue weighted by molar-refractivity contribution is 6.33. The van der Waals surface area contributed by atoms with E-state index in [-0.39, 0.29) is 22.2 Å². The number of carbonyl (C=O) groups is 1. The zero-order chi connectivity index (χ0) is 15.9. The van der Waals surface area contributed by atoms with Gasteiger partial charge in [-0.3, -0.25) is 0 Å². The Morgan fingerprint density at radius 2 is 1.86 bits per heavy atom. The number of pyridine rings is 1. The first-order valence-electron chi connectivity index (χ1n) is 6.25. The lowest BCUT2D eigenvalue weighted by Crippen LogP contribution is -2.02. The normalized spacial score (nSPS) is 10.9. The molecule has 2 aromatic carbocycles. The van der Waals surface area contributed by atoms with Crippen LogP contribution in [0.3, 0.4) is 0 Å². The summed E-state index contributed by atoms with van der Waals surface area (Å²) in [4.78, 5) is 15.5. The van der Waals surface area contributed by atoms with Gasteiger partial charge in [-0.15, -0.1) is 0 Å². The number of hydrogen-bond acceptors (Lipinski definition) is 2. The Morgan fingerprint density at radius 1 is 1.14 bits per heavy atom. The minimum Gasteiger partial charge on any atom is -0.478 e. The van der Waals surface area contributed by atoms with Crippen molar-refractivity contribution in [3.8, 4) is 11.3 Å². The fourth-order valence-corrected chi connectivity index (χ4v) is 2.47. The molecule has 0 atom stereocenters. The number of fused-ring (bicyclic) bond motifs is 1. The molecule has 0 saturated heterocycles. The molecule has 0 spiro atoms. The SMILES string of the molecule is O=C(O)c1cc(-c2ccccc2Cl)nc2c(F)cc(F)cc12. The second kappa shape index (κ2) is 5.35. The molecule has 1 heterocycles. The van der Waals surface area contributed by atoms with Crippen LogP contribution in [0.5, 0.6) is 0 Å². The van der Waals surface area contributed by atoms with Gasteiger partial charge in [0, 0.05) is 22.0 Å². The summed E-state index contributed by atoms with van der Waals surface area (Å²) in [5, 5.41) is 9.56. The minimum atomic E-state index is -1.30. The van der Waals surface area contributed by atoms with Crippen molar-refractivity contribution in [1.29, 1.82) is 0 Å². The van der Waals surface area contributed by atoms with Crippen molar-refractivity contribution in [2.45, 2.75) is 0 Å². The van der Waals surface area contributed by atoms with E-state index in [0.717, 1.165) is 6.07 Å². The van der Waals surface area contributed by atoms with E-state index in [0.29, 0.717) is 16.7 Å². The van der Waals surface area contributed by atoms with Crippen LogP contribution in [0.15, 0.2) is 42.5 Å². The van der Waals surface area contributed by atoms with E-state index < -0.39 is 17.6 Å². The average Bonchev–Trinajstić information content (AvgIpc) is 2.46. The molecular weight excluding hydrogens is 312 g/mol. The summed E-state index contributed by atoms with van der Waals surface area (Å²) in [6, 6.07) is 9.54. The van der Waals surface area contributed by atoms with Gasteiger partial charge in [0.1, 0.15) is 11.3 Å². The van der Waals surface area contributed by atoms with Gasteiger partial charge in [0.25, 0.3) is 0 Å². The third kappa shape index (κ3) is 2.40. The van der Waals surface area contributed by atoms with Gasteiger partial charge in [-0.1, -0.05) is 29.8 Å². The van der Waals surface area contributed by atoms with Crippen LogP contribution in [-0.2, 0) is 0 Å². The Balaban J connectivity index is 2.40. The first-order valence-corrected chi connectivity index (χ1v) is 6.63. The van der Waals surface area contributed by atoms with Crippen molar-refractivity contribution in [2.24, 2.45) is 0 Å². The predicted molar refractivity (Wildman–Crippen MR) is 79.1 cm³/mol. The Hall–Kier alpha value is -2.53. The maximum atomic E-state index is 14.0. The first-order chi connectivity index (χ1) is 10.5. The van der Waals surface area contributed by atoms with Gasteiger partial charge in [-0.2, -0.15) is 0 Å². The van der Waals surface area contributed by atoms with Crippen molar-refractivity contribution >= 4 is 28.5 Å². The quantitative estimate of drug-likeness (QED) is 0.755. The van der Waals surface area contributed by atoms with Crippen molar-refractivity contribution in [3.63, 3.8) is 0 Å². The summed E-state index contributed by atoms with van der Waals surface area (Å²) in [5.41, 5.74) is 0.229.